The van der Waals surface area contributed by atoms with Crippen LogP contribution in [0.1, 0.15) is 32.1 Å². The maximum absolute atomic E-state index is 12.3. The smallest absolute Gasteiger partial charge is 0.259 e. The van der Waals surface area contributed by atoms with Crippen LogP contribution in [0.15, 0.2) is 53.7 Å². The summed E-state index contributed by atoms with van der Waals surface area (Å²) in [6, 6.07) is 14.6. The summed E-state index contributed by atoms with van der Waals surface area (Å²) in [6.45, 7) is 0. The summed E-state index contributed by atoms with van der Waals surface area (Å²) in [6.07, 6.45) is 1.42. The van der Waals surface area contributed by atoms with E-state index in [4.69, 9.17) is 5.84 Å². The number of thioether (sulfide) groups is 1. The van der Waals surface area contributed by atoms with Gasteiger partial charge < -0.3 is 11.2 Å². The van der Waals surface area contributed by atoms with Gasteiger partial charge in [0.25, 0.3) is 11.8 Å². The number of hydrogen-bond donors (Lipinski definition) is 3. The number of anilines is 1. The molecule has 9 nitrogen and oxygen atoms in total. The highest BCUT2D eigenvalue weighted by atomic mass is 32.2. The predicted molar refractivity (Wildman–Crippen MR) is 112 cm³/mol. The van der Waals surface area contributed by atoms with Crippen molar-refractivity contribution in [1.82, 2.24) is 20.2 Å². The standard InChI is InChI=1S/C20H18N6O3S/c21-26-16(9-6-12-4-2-1-3-5-12)24-25-20(26)30-11-17(27)22-13-7-8-14-15(10-13)19(29)23-18(14)28/h1-5,7-8,10H,6,9,11,21H2,(H,22,27)(H,23,28,29). The van der Waals surface area contributed by atoms with E-state index in [0.29, 0.717) is 28.7 Å². The summed E-state index contributed by atoms with van der Waals surface area (Å²) in [4.78, 5) is 35.6. The van der Waals surface area contributed by atoms with Gasteiger partial charge in [-0.2, -0.15) is 0 Å². The molecule has 0 fully saturated rings. The van der Waals surface area contributed by atoms with E-state index < -0.39 is 11.8 Å². The van der Waals surface area contributed by atoms with Gasteiger partial charge in [0.2, 0.25) is 11.1 Å². The number of rotatable bonds is 7. The molecule has 3 amide bonds. The number of nitrogens with one attached hydrogen (secondary N) is 2. The molecule has 0 unspecified atom stereocenters. The lowest BCUT2D eigenvalue weighted by Crippen LogP contribution is -2.20. The van der Waals surface area contributed by atoms with Crippen LogP contribution in [0.25, 0.3) is 0 Å². The van der Waals surface area contributed by atoms with Crippen molar-refractivity contribution in [3.63, 3.8) is 0 Å². The zero-order chi connectivity index (χ0) is 21.1. The van der Waals surface area contributed by atoms with Crippen LogP contribution in [0.4, 0.5) is 5.69 Å². The minimum Gasteiger partial charge on any atom is -0.336 e. The first-order chi connectivity index (χ1) is 14.5. The first kappa shape index (κ1) is 19.6. The van der Waals surface area contributed by atoms with Gasteiger partial charge >= 0.3 is 0 Å². The fourth-order valence-electron chi connectivity index (χ4n) is 3.05. The summed E-state index contributed by atoms with van der Waals surface area (Å²) in [5.41, 5.74) is 2.16. The number of aromatic nitrogens is 3. The van der Waals surface area contributed by atoms with Crippen molar-refractivity contribution in [2.75, 3.05) is 16.9 Å². The number of carbonyl (C=O) groups excluding carboxylic acids is 3. The number of benzene rings is 2. The molecular weight excluding hydrogens is 404 g/mol. The molecule has 0 saturated carbocycles. The Bertz CT molecular complexity index is 1130. The zero-order valence-corrected chi connectivity index (χ0v) is 16.6. The number of imide groups is 1. The lowest BCUT2D eigenvalue weighted by atomic mass is 10.1. The molecule has 30 heavy (non-hydrogen) atoms. The van der Waals surface area contributed by atoms with E-state index in [1.54, 1.807) is 6.07 Å². The zero-order valence-electron chi connectivity index (χ0n) is 15.8. The Hall–Kier alpha value is -3.66. The Labute approximate surface area is 176 Å². The Morgan fingerprint density at radius 2 is 1.80 bits per heavy atom. The van der Waals surface area contributed by atoms with E-state index in [2.05, 4.69) is 20.8 Å². The Balaban J connectivity index is 1.32. The van der Waals surface area contributed by atoms with Crippen molar-refractivity contribution in [3.8, 4) is 0 Å². The molecule has 0 bridgehead atoms. The van der Waals surface area contributed by atoms with Gasteiger partial charge in [0.05, 0.1) is 16.9 Å². The average molecular weight is 422 g/mol. The highest BCUT2D eigenvalue weighted by Gasteiger charge is 2.26. The first-order valence-corrected chi connectivity index (χ1v) is 10.2. The number of nitrogens with zero attached hydrogens (tertiary/aromatic N) is 3. The van der Waals surface area contributed by atoms with E-state index in [1.807, 2.05) is 30.3 Å². The van der Waals surface area contributed by atoms with E-state index in [-0.39, 0.29) is 17.2 Å². The second-order valence-corrected chi connectivity index (χ2v) is 7.58. The number of carbonyl (C=O) groups is 3. The average Bonchev–Trinajstić information content (AvgIpc) is 3.24. The van der Waals surface area contributed by atoms with E-state index in [1.165, 1.54) is 22.4 Å². The molecule has 0 atom stereocenters. The molecule has 0 radical (unpaired) electrons. The van der Waals surface area contributed by atoms with Gasteiger partial charge in [-0.3, -0.25) is 19.7 Å². The second kappa shape index (κ2) is 8.37. The van der Waals surface area contributed by atoms with Crippen LogP contribution < -0.4 is 16.5 Å². The van der Waals surface area contributed by atoms with Crippen LogP contribution in [0, 0.1) is 0 Å². The number of hydrogen-bond acceptors (Lipinski definition) is 7. The fourth-order valence-corrected chi connectivity index (χ4v) is 3.73. The SMILES string of the molecule is Nn1c(CCc2ccccc2)nnc1SCC(=O)Nc1ccc2c(c1)C(=O)NC2=O. The lowest BCUT2D eigenvalue weighted by molar-refractivity contribution is -0.113. The van der Waals surface area contributed by atoms with Crippen molar-refractivity contribution >= 4 is 35.2 Å². The van der Waals surface area contributed by atoms with E-state index >= 15 is 0 Å². The van der Waals surface area contributed by atoms with Gasteiger partial charge in [-0.15, -0.1) is 10.2 Å². The fraction of sp³-hybridized carbons (Fsp3) is 0.150. The summed E-state index contributed by atoms with van der Waals surface area (Å²) >= 11 is 1.16. The van der Waals surface area contributed by atoms with Gasteiger partial charge in [0, 0.05) is 12.1 Å². The Morgan fingerprint density at radius 1 is 1.03 bits per heavy atom. The van der Waals surface area contributed by atoms with Gasteiger partial charge in [-0.25, -0.2) is 4.68 Å². The molecular formula is C20H18N6O3S. The Morgan fingerprint density at radius 3 is 2.60 bits per heavy atom. The quantitative estimate of drug-likeness (QED) is 0.298. The number of nitrogen functional groups attached to an aromatic ring is 1. The second-order valence-electron chi connectivity index (χ2n) is 6.63. The molecule has 1 aliphatic rings. The molecule has 4 N–H and O–H groups in total. The number of amides is 3. The van der Waals surface area contributed by atoms with E-state index in [0.717, 1.165) is 18.2 Å². The van der Waals surface area contributed by atoms with Gasteiger partial charge in [-0.1, -0.05) is 42.1 Å². The van der Waals surface area contributed by atoms with E-state index in [9.17, 15) is 14.4 Å². The minimum atomic E-state index is -0.472. The molecule has 4 rings (SSSR count). The van der Waals surface area contributed by atoms with Crippen molar-refractivity contribution in [3.05, 3.63) is 71.0 Å². The molecule has 1 aromatic heterocycles. The maximum Gasteiger partial charge on any atom is 0.259 e. The van der Waals surface area contributed by atoms with Crippen LogP contribution in [0.5, 0.6) is 0 Å². The van der Waals surface area contributed by atoms with Crippen LogP contribution in [-0.2, 0) is 17.6 Å². The third-order valence-electron chi connectivity index (χ3n) is 4.57. The molecule has 1 aliphatic heterocycles. The predicted octanol–water partition coefficient (Wildman–Crippen LogP) is 1.39. The maximum atomic E-state index is 12.3. The molecule has 0 spiro atoms. The van der Waals surface area contributed by atoms with Crippen molar-refractivity contribution in [2.24, 2.45) is 0 Å². The summed E-state index contributed by atoms with van der Waals surface area (Å²) in [7, 11) is 0. The number of aryl methyl sites for hydroxylation is 2. The van der Waals surface area contributed by atoms with Crippen LogP contribution in [-0.4, -0.2) is 38.3 Å². The third-order valence-corrected chi connectivity index (χ3v) is 5.51. The molecule has 2 aromatic carbocycles. The topological polar surface area (TPSA) is 132 Å². The molecule has 10 heteroatoms. The molecule has 152 valence electrons. The van der Waals surface area contributed by atoms with Gasteiger partial charge in [-0.05, 0) is 30.2 Å². The molecule has 2 heterocycles. The van der Waals surface area contributed by atoms with Crippen molar-refractivity contribution in [2.45, 2.75) is 18.0 Å². The summed E-state index contributed by atoms with van der Waals surface area (Å²) < 4.78 is 1.40. The highest BCUT2D eigenvalue weighted by Crippen LogP contribution is 2.21. The minimum absolute atomic E-state index is 0.0657. The van der Waals surface area contributed by atoms with Gasteiger partial charge in [0.15, 0.2) is 5.82 Å². The Kier molecular flexibility index (Phi) is 5.48. The lowest BCUT2D eigenvalue weighted by Gasteiger charge is -2.06. The van der Waals surface area contributed by atoms with Gasteiger partial charge in [0.1, 0.15) is 0 Å². The monoisotopic (exact) mass is 422 g/mol. The molecule has 0 aliphatic carbocycles. The largest absolute Gasteiger partial charge is 0.336 e. The third kappa shape index (κ3) is 4.18. The van der Waals surface area contributed by atoms with Crippen LogP contribution in [0.2, 0.25) is 0 Å². The number of nitrogens with two attached hydrogens (primary N) is 1. The van der Waals surface area contributed by atoms with Crippen molar-refractivity contribution < 1.29 is 14.4 Å². The highest BCUT2D eigenvalue weighted by molar-refractivity contribution is 7.99. The van der Waals surface area contributed by atoms with Crippen LogP contribution in [0.3, 0.4) is 0 Å². The summed E-state index contributed by atoms with van der Waals surface area (Å²) in [5, 5.41) is 13.5. The molecule has 3 aromatic rings. The molecule has 0 saturated heterocycles. The first-order valence-electron chi connectivity index (χ1n) is 9.17. The van der Waals surface area contributed by atoms with Crippen LogP contribution >= 0.6 is 11.8 Å². The normalized spacial score (nSPS) is 12.5. The summed E-state index contributed by atoms with van der Waals surface area (Å²) in [5.74, 6) is 5.56. The number of fused-ring (bicyclic) bond motifs is 1. The van der Waals surface area contributed by atoms with Crippen molar-refractivity contribution in [1.29, 1.82) is 0 Å².